The second-order valence-electron chi connectivity index (χ2n) is 4.93. The maximum absolute atomic E-state index is 10.6. The van der Waals surface area contributed by atoms with Gasteiger partial charge in [-0.15, -0.1) is 0 Å². The van der Waals surface area contributed by atoms with Gasteiger partial charge in [0.15, 0.2) is 0 Å². The summed E-state index contributed by atoms with van der Waals surface area (Å²) >= 11 is 0. The summed E-state index contributed by atoms with van der Waals surface area (Å²) in [6.45, 7) is 2.16. The van der Waals surface area contributed by atoms with Crippen LogP contribution in [0.1, 0.15) is 31.2 Å². The number of nitrogens with zero attached hydrogens (tertiary/aromatic N) is 2. The largest absolute Gasteiger partial charge is 0.476 e. The average molecular weight is 251 g/mol. The number of pyridine rings is 1. The van der Waals surface area contributed by atoms with E-state index in [0.29, 0.717) is 18.1 Å². The first-order valence-electron chi connectivity index (χ1n) is 6.03. The van der Waals surface area contributed by atoms with Crippen LogP contribution in [0.4, 0.5) is 5.69 Å². The summed E-state index contributed by atoms with van der Waals surface area (Å²) in [7, 11) is 0. The summed E-state index contributed by atoms with van der Waals surface area (Å²) in [6.07, 6.45) is 5.39. The minimum atomic E-state index is -0.467. The fourth-order valence-electron chi connectivity index (χ4n) is 2.23. The zero-order chi connectivity index (χ0) is 13.2. The van der Waals surface area contributed by atoms with Crippen LogP contribution in [0.3, 0.4) is 0 Å². The van der Waals surface area contributed by atoms with E-state index in [0.717, 1.165) is 25.7 Å². The Labute approximate surface area is 105 Å². The Morgan fingerprint density at radius 2 is 2.22 bits per heavy atom. The van der Waals surface area contributed by atoms with Gasteiger partial charge in [0, 0.05) is 11.6 Å². The van der Waals surface area contributed by atoms with Gasteiger partial charge in [-0.05, 0) is 19.8 Å². The standard InChI is InChI=1S/C12H17N3O3/c1-9-6-10(15(16)17)7-14-11(9)18-8-12(13)4-2-3-5-12/h6-7H,2-5,8,13H2,1H3. The lowest BCUT2D eigenvalue weighted by Crippen LogP contribution is -2.42. The van der Waals surface area contributed by atoms with Gasteiger partial charge in [-0.3, -0.25) is 10.1 Å². The van der Waals surface area contributed by atoms with Crippen LogP contribution in [-0.2, 0) is 0 Å². The number of rotatable bonds is 4. The third-order valence-electron chi connectivity index (χ3n) is 3.32. The van der Waals surface area contributed by atoms with Gasteiger partial charge in [0.1, 0.15) is 12.8 Å². The predicted octanol–water partition coefficient (Wildman–Crippen LogP) is 1.95. The molecule has 6 heteroatoms. The summed E-state index contributed by atoms with van der Waals surface area (Å²) < 4.78 is 5.60. The van der Waals surface area contributed by atoms with Crippen molar-refractivity contribution in [2.45, 2.75) is 38.1 Å². The molecule has 98 valence electrons. The van der Waals surface area contributed by atoms with E-state index in [9.17, 15) is 10.1 Å². The van der Waals surface area contributed by atoms with Crippen molar-refractivity contribution in [3.63, 3.8) is 0 Å². The normalized spacial score (nSPS) is 17.7. The van der Waals surface area contributed by atoms with Crippen molar-refractivity contribution in [3.8, 4) is 5.88 Å². The van der Waals surface area contributed by atoms with E-state index in [1.165, 1.54) is 12.3 Å². The lowest BCUT2D eigenvalue weighted by molar-refractivity contribution is -0.385. The molecule has 0 bridgehead atoms. The number of aryl methyl sites for hydroxylation is 1. The lowest BCUT2D eigenvalue weighted by atomic mass is 10.0. The number of nitrogens with two attached hydrogens (primary N) is 1. The molecule has 0 aromatic carbocycles. The Kier molecular flexibility index (Phi) is 3.47. The summed E-state index contributed by atoms with van der Waals surface area (Å²) in [4.78, 5) is 14.1. The smallest absolute Gasteiger partial charge is 0.288 e. The molecule has 2 rings (SSSR count). The van der Waals surface area contributed by atoms with Crippen LogP contribution >= 0.6 is 0 Å². The molecule has 0 unspecified atom stereocenters. The fourth-order valence-corrected chi connectivity index (χ4v) is 2.23. The van der Waals surface area contributed by atoms with Gasteiger partial charge in [-0.25, -0.2) is 4.98 Å². The van der Waals surface area contributed by atoms with Crippen molar-refractivity contribution >= 4 is 5.69 Å². The lowest BCUT2D eigenvalue weighted by Gasteiger charge is -2.23. The Morgan fingerprint density at radius 3 is 2.78 bits per heavy atom. The molecule has 2 N–H and O–H groups in total. The molecule has 0 amide bonds. The number of hydrogen-bond donors (Lipinski definition) is 1. The molecule has 1 heterocycles. The summed E-state index contributed by atoms with van der Waals surface area (Å²) in [5, 5.41) is 10.6. The van der Waals surface area contributed by atoms with Crippen LogP contribution in [0.5, 0.6) is 5.88 Å². The highest BCUT2D eigenvalue weighted by Gasteiger charge is 2.30. The summed E-state index contributed by atoms with van der Waals surface area (Å²) in [5.74, 6) is 0.428. The van der Waals surface area contributed by atoms with Crippen molar-refractivity contribution in [2.24, 2.45) is 5.73 Å². The topological polar surface area (TPSA) is 91.3 Å². The maximum atomic E-state index is 10.6. The summed E-state index contributed by atoms with van der Waals surface area (Å²) in [6, 6.07) is 1.46. The third kappa shape index (κ3) is 2.76. The molecule has 1 aromatic heterocycles. The molecule has 0 atom stereocenters. The summed E-state index contributed by atoms with van der Waals surface area (Å²) in [5.41, 5.74) is 6.54. The van der Waals surface area contributed by atoms with Gasteiger partial charge >= 0.3 is 0 Å². The molecule has 1 fully saturated rings. The third-order valence-corrected chi connectivity index (χ3v) is 3.32. The van der Waals surface area contributed by atoms with Gasteiger partial charge in [-0.2, -0.15) is 0 Å². The molecule has 1 saturated carbocycles. The van der Waals surface area contributed by atoms with Gasteiger partial charge in [-0.1, -0.05) is 12.8 Å². The first-order valence-corrected chi connectivity index (χ1v) is 6.03. The molecule has 6 nitrogen and oxygen atoms in total. The molecule has 1 aliphatic rings. The minimum absolute atomic E-state index is 0.0248. The number of ether oxygens (including phenoxy) is 1. The zero-order valence-corrected chi connectivity index (χ0v) is 10.4. The molecular formula is C12H17N3O3. The molecule has 0 spiro atoms. The highest BCUT2D eigenvalue weighted by molar-refractivity contribution is 5.36. The van der Waals surface area contributed by atoms with Crippen molar-refractivity contribution in [1.29, 1.82) is 0 Å². The first-order chi connectivity index (χ1) is 8.50. The number of nitro groups is 1. The van der Waals surface area contributed by atoms with E-state index in [4.69, 9.17) is 10.5 Å². The maximum Gasteiger partial charge on any atom is 0.288 e. The predicted molar refractivity (Wildman–Crippen MR) is 66.5 cm³/mol. The van der Waals surface area contributed by atoms with Crippen molar-refractivity contribution < 1.29 is 9.66 Å². The Hall–Kier alpha value is -1.69. The van der Waals surface area contributed by atoms with E-state index < -0.39 is 4.92 Å². The SMILES string of the molecule is Cc1cc([N+](=O)[O-])cnc1OCC1(N)CCCC1. The van der Waals surface area contributed by atoms with Crippen LogP contribution in [0.25, 0.3) is 0 Å². The van der Waals surface area contributed by atoms with E-state index in [1.807, 2.05) is 0 Å². The second-order valence-corrected chi connectivity index (χ2v) is 4.93. The Bertz CT molecular complexity index is 456. The van der Waals surface area contributed by atoms with Crippen LogP contribution < -0.4 is 10.5 Å². The second kappa shape index (κ2) is 4.89. The molecule has 0 aliphatic heterocycles. The highest BCUT2D eigenvalue weighted by atomic mass is 16.6. The van der Waals surface area contributed by atoms with Crippen molar-refractivity contribution in [2.75, 3.05) is 6.61 Å². The van der Waals surface area contributed by atoms with Gasteiger partial charge in [0.2, 0.25) is 5.88 Å². The molecule has 0 radical (unpaired) electrons. The van der Waals surface area contributed by atoms with Gasteiger partial charge in [0.25, 0.3) is 5.69 Å². The Balaban J connectivity index is 2.03. The fraction of sp³-hybridized carbons (Fsp3) is 0.583. The van der Waals surface area contributed by atoms with E-state index in [-0.39, 0.29) is 11.2 Å². The van der Waals surface area contributed by atoms with Gasteiger partial charge in [0.05, 0.1) is 10.5 Å². The molecule has 18 heavy (non-hydrogen) atoms. The van der Waals surface area contributed by atoms with E-state index in [1.54, 1.807) is 6.92 Å². The van der Waals surface area contributed by atoms with Crippen LogP contribution in [0.2, 0.25) is 0 Å². The molecule has 1 aromatic rings. The van der Waals surface area contributed by atoms with Crippen LogP contribution in [0, 0.1) is 17.0 Å². The molecule has 1 aliphatic carbocycles. The Morgan fingerprint density at radius 1 is 1.56 bits per heavy atom. The van der Waals surface area contributed by atoms with Crippen molar-refractivity contribution in [3.05, 3.63) is 27.9 Å². The van der Waals surface area contributed by atoms with Gasteiger partial charge < -0.3 is 10.5 Å². The first kappa shape index (κ1) is 12.8. The number of hydrogen-bond acceptors (Lipinski definition) is 5. The molecular weight excluding hydrogens is 234 g/mol. The zero-order valence-electron chi connectivity index (χ0n) is 10.4. The number of aromatic nitrogens is 1. The monoisotopic (exact) mass is 251 g/mol. The minimum Gasteiger partial charge on any atom is -0.476 e. The molecule has 0 saturated heterocycles. The van der Waals surface area contributed by atoms with E-state index >= 15 is 0 Å². The highest BCUT2D eigenvalue weighted by Crippen LogP contribution is 2.28. The van der Waals surface area contributed by atoms with Crippen LogP contribution in [-0.4, -0.2) is 22.1 Å². The van der Waals surface area contributed by atoms with Crippen LogP contribution in [0.15, 0.2) is 12.3 Å². The van der Waals surface area contributed by atoms with Crippen molar-refractivity contribution in [1.82, 2.24) is 4.98 Å². The average Bonchev–Trinajstić information content (AvgIpc) is 2.75. The quantitative estimate of drug-likeness (QED) is 0.652. The van der Waals surface area contributed by atoms with E-state index in [2.05, 4.69) is 4.98 Å².